The number of benzene rings is 1. The second kappa shape index (κ2) is 6.61. The van der Waals surface area contributed by atoms with Crippen LogP contribution < -0.4 is 0 Å². The third-order valence-electron chi connectivity index (χ3n) is 2.94. The molecule has 2 rings (SSSR count). The molecule has 0 aliphatic rings. The minimum atomic E-state index is -0.492. The molecule has 0 spiro atoms. The van der Waals surface area contributed by atoms with Crippen LogP contribution in [0.4, 0.5) is 0 Å². The van der Waals surface area contributed by atoms with Crippen LogP contribution in [-0.4, -0.2) is 23.8 Å². The van der Waals surface area contributed by atoms with E-state index in [9.17, 15) is 9.59 Å². The lowest BCUT2D eigenvalue weighted by molar-refractivity contribution is 0.0600. The van der Waals surface area contributed by atoms with Crippen molar-refractivity contribution in [2.45, 2.75) is 6.92 Å². The highest BCUT2D eigenvalue weighted by Gasteiger charge is 2.09. The van der Waals surface area contributed by atoms with Crippen LogP contribution in [0, 0.1) is 6.92 Å². The summed E-state index contributed by atoms with van der Waals surface area (Å²) in [5.41, 5.74) is 2.60. The van der Waals surface area contributed by atoms with Crippen molar-refractivity contribution >= 4 is 17.8 Å². The first-order valence-electron chi connectivity index (χ1n) is 6.43. The molecule has 0 fully saturated rings. The van der Waals surface area contributed by atoms with Crippen molar-refractivity contribution in [2.24, 2.45) is 0 Å². The number of allylic oxidation sites excluding steroid dienone is 1. The van der Waals surface area contributed by atoms with E-state index < -0.39 is 5.97 Å². The SMILES string of the molecule is COC(=O)c1ccnc(C(=O)/C=C/c2ccc(C)cc2)c1. The third-order valence-corrected chi connectivity index (χ3v) is 2.94. The quantitative estimate of drug-likeness (QED) is 0.491. The fourth-order valence-electron chi connectivity index (χ4n) is 1.74. The molecule has 0 amide bonds. The van der Waals surface area contributed by atoms with Crippen LogP contribution in [0.1, 0.15) is 32.0 Å². The first-order chi connectivity index (χ1) is 10.1. The van der Waals surface area contributed by atoms with E-state index in [4.69, 9.17) is 0 Å². The molecule has 4 heteroatoms. The van der Waals surface area contributed by atoms with Crippen molar-refractivity contribution in [2.75, 3.05) is 7.11 Å². The number of aromatic nitrogens is 1. The van der Waals surface area contributed by atoms with Crippen LogP contribution in [0.5, 0.6) is 0 Å². The summed E-state index contributed by atoms with van der Waals surface area (Å²) in [6, 6.07) is 10.7. The van der Waals surface area contributed by atoms with Gasteiger partial charge in [0, 0.05) is 6.20 Å². The van der Waals surface area contributed by atoms with Crippen LogP contribution in [0.15, 0.2) is 48.7 Å². The number of ether oxygens (including phenoxy) is 1. The van der Waals surface area contributed by atoms with E-state index in [0.717, 1.165) is 11.1 Å². The summed E-state index contributed by atoms with van der Waals surface area (Å²) in [4.78, 5) is 27.4. The first kappa shape index (κ1) is 14.7. The lowest BCUT2D eigenvalue weighted by atomic mass is 10.1. The monoisotopic (exact) mass is 281 g/mol. The number of ketones is 1. The molecule has 106 valence electrons. The number of carbonyl (C=O) groups excluding carboxylic acids is 2. The van der Waals surface area contributed by atoms with Gasteiger partial charge in [-0.1, -0.05) is 35.9 Å². The summed E-state index contributed by atoms with van der Waals surface area (Å²) in [6.07, 6.45) is 4.57. The van der Waals surface area contributed by atoms with Crippen LogP contribution in [0.2, 0.25) is 0 Å². The molecular formula is C17H15NO3. The number of hydrogen-bond donors (Lipinski definition) is 0. The Hall–Kier alpha value is -2.75. The zero-order valence-electron chi connectivity index (χ0n) is 11.9. The number of carbonyl (C=O) groups is 2. The number of nitrogens with zero attached hydrogens (tertiary/aromatic N) is 1. The molecule has 1 aromatic carbocycles. The maximum Gasteiger partial charge on any atom is 0.337 e. The molecule has 0 aliphatic heterocycles. The fraction of sp³-hybridized carbons (Fsp3) is 0.118. The summed E-state index contributed by atoms with van der Waals surface area (Å²) in [6.45, 7) is 2.00. The Balaban J connectivity index is 2.16. The van der Waals surface area contributed by atoms with Crippen LogP contribution in [-0.2, 0) is 4.74 Å². The van der Waals surface area contributed by atoms with Gasteiger partial charge in [0.1, 0.15) is 5.69 Å². The number of aryl methyl sites for hydroxylation is 1. The lowest BCUT2D eigenvalue weighted by Gasteiger charge is -2.00. The molecule has 4 nitrogen and oxygen atoms in total. The van der Waals surface area contributed by atoms with Gasteiger partial charge in [0.05, 0.1) is 12.7 Å². The molecule has 0 unspecified atom stereocenters. The first-order valence-corrected chi connectivity index (χ1v) is 6.43. The number of pyridine rings is 1. The van der Waals surface area contributed by atoms with Crippen molar-refractivity contribution in [3.8, 4) is 0 Å². The Labute approximate surface area is 123 Å². The van der Waals surface area contributed by atoms with Gasteiger partial charge in [0.2, 0.25) is 5.78 Å². The second-order valence-corrected chi connectivity index (χ2v) is 4.53. The van der Waals surface area contributed by atoms with Gasteiger partial charge >= 0.3 is 5.97 Å². The topological polar surface area (TPSA) is 56.3 Å². The number of methoxy groups -OCH3 is 1. The van der Waals surface area contributed by atoms with Crippen molar-refractivity contribution < 1.29 is 14.3 Å². The van der Waals surface area contributed by atoms with Crippen molar-refractivity contribution in [1.29, 1.82) is 0 Å². The van der Waals surface area contributed by atoms with Gasteiger partial charge < -0.3 is 4.74 Å². The molecule has 0 atom stereocenters. The van der Waals surface area contributed by atoms with E-state index in [1.165, 1.54) is 31.5 Å². The lowest BCUT2D eigenvalue weighted by Crippen LogP contribution is -2.05. The molecule has 1 heterocycles. The number of esters is 1. The molecule has 21 heavy (non-hydrogen) atoms. The van der Waals surface area contributed by atoms with E-state index in [-0.39, 0.29) is 11.5 Å². The van der Waals surface area contributed by atoms with Crippen LogP contribution in [0.25, 0.3) is 6.08 Å². The summed E-state index contributed by atoms with van der Waals surface area (Å²) >= 11 is 0. The standard InChI is InChI=1S/C17H15NO3/c1-12-3-5-13(6-4-12)7-8-16(19)15-11-14(9-10-18-15)17(20)21-2/h3-11H,1-2H3/b8-7+. The Bertz CT molecular complexity index is 687. The summed E-state index contributed by atoms with van der Waals surface area (Å²) in [7, 11) is 1.29. The summed E-state index contributed by atoms with van der Waals surface area (Å²) in [5, 5.41) is 0. The van der Waals surface area contributed by atoms with Gasteiger partial charge in [0.25, 0.3) is 0 Å². The Morgan fingerprint density at radius 2 is 1.86 bits per heavy atom. The molecule has 0 N–H and O–H groups in total. The van der Waals surface area contributed by atoms with Gasteiger partial charge in [-0.25, -0.2) is 4.79 Å². The van der Waals surface area contributed by atoms with E-state index in [1.807, 2.05) is 31.2 Å². The van der Waals surface area contributed by atoms with E-state index in [1.54, 1.807) is 6.08 Å². The molecule has 0 saturated carbocycles. The predicted molar refractivity (Wildman–Crippen MR) is 80.1 cm³/mol. The van der Waals surface area contributed by atoms with Gasteiger partial charge in [-0.15, -0.1) is 0 Å². The Kier molecular flexibility index (Phi) is 4.61. The molecule has 1 aromatic heterocycles. The van der Waals surface area contributed by atoms with Gasteiger partial charge in [-0.2, -0.15) is 0 Å². The van der Waals surface area contributed by atoms with Gasteiger partial charge in [-0.3, -0.25) is 9.78 Å². The molecular weight excluding hydrogens is 266 g/mol. The smallest absolute Gasteiger partial charge is 0.337 e. The number of rotatable bonds is 4. The van der Waals surface area contributed by atoms with E-state index >= 15 is 0 Å². The highest BCUT2D eigenvalue weighted by Crippen LogP contribution is 2.08. The average Bonchev–Trinajstić information content (AvgIpc) is 2.53. The Morgan fingerprint density at radius 1 is 1.14 bits per heavy atom. The maximum absolute atomic E-state index is 12.0. The van der Waals surface area contributed by atoms with Crippen LogP contribution in [0.3, 0.4) is 0 Å². The summed E-state index contributed by atoms with van der Waals surface area (Å²) < 4.78 is 4.62. The third kappa shape index (κ3) is 3.86. The van der Waals surface area contributed by atoms with Crippen LogP contribution >= 0.6 is 0 Å². The Morgan fingerprint density at radius 3 is 2.52 bits per heavy atom. The largest absolute Gasteiger partial charge is 0.465 e. The molecule has 0 saturated heterocycles. The molecule has 0 aliphatic carbocycles. The minimum Gasteiger partial charge on any atom is -0.465 e. The van der Waals surface area contributed by atoms with Crippen molar-refractivity contribution in [3.05, 3.63) is 71.1 Å². The van der Waals surface area contributed by atoms with Gasteiger partial charge in [-0.05, 0) is 30.7 Å². The van der Waals surface area contributed by atoms with Crippen molar-refractivity contribution in [1.82, 2.24) is 4.98 Å². The van der Waals surface area contributed by atoms with E-state index in [0.29, 0.717) is 5.56 Å². The number of hydrogen-bond acceptors (Lipinski definition) is 4. The average molecular weight is 281 g/mol. The van der Waals surface area contributed by atoms with Crippen molar-refractivity contribution in [3.63, 3.8) is 0 Å². The molecule has 0 bridgehead atoms. The second-order valence-electron chi connectivity index (χ2n) is 4.53. The molecule has 2 aromatic rings. The van der Waals surface area contributed by atoms with E-state index in [2.05, 4.69) is 9.72 Å². The highest BCUT2D eigenvalue weighted by molar-refractivity contribution is 6.06. The zero-order valence-corrected chi connectivity index (χ0v) is 11.9. The maximum atomic E-state index is 12.0. The minimum absolute atomic E-state index is 0.210. The van der Waals surface area contributed by atoms with Gasteiger partial charge in [0.15, 0.2) is 0 Å². The fourth-order valence-corrected chi connectivity index (χ4v) is 1.74. The summed E-state index contributed by atoms with van der Waals surface area (Å²) in [5.74, 6) is -0.754. The zero-order chi connectivity index (χ0) is 15.2. The predicted octanol–water partition coefficient (Wildman–Crippen LogP) is 3.07. The highest BCUT2D eigenvalue weighted by atomic mass is 16.5. The normalized spacial score (nSPS) is 10.6. The molecule has 0 radical (unpaired) electrons.